The van der Waals surface area contributed by atoms with Gasteiger partial charge in [-0.3, -0.25) is 0 Å². The summed E-state index contributed by atoms with van der Waals surface area (Å²) in [6.45, 7) is 26.7. The quantitative estimate of drug-likeness (QED) is 0.0882. The fourth-order valence-electron chi connectivity index (χ4n) is 7.39. The normalized spacial score (nSPS) is 19.3. The monoisotopic (exact) mass is 740 g/mol. The van der Waals surface area contributed by atoms with E-state index in [4.69, 9.17) is 18.6 Å². The van der Waals surface area contributed by atoms with Gasteiger partial charge in [-0.2, -0.15) is 0 Å². The zero-order chi connectivity index (χ0) is 38.3. The van der Waals surface area contributed by atoms with E-state index in [1.807, 2.05) is 32.9 Å². The molecule has 4 atom stereocenters. The summed E-state index contributed by atoms with van der Waals surface area (Å²) >= 11 is 0. The minimum Gasteiger partial charge on any atom is -0.462 e. The molecule has 1 heterocycles. The average molecular weight is 741 g/mol. The highest BCUT2D eigenvalue weighted by Gasteiger charge is 2.51. The van der Waals surface area contributed by atoms with Crippen LogP contribution in [0.3, 0.4) is 0 Å². The molecule has 52 heavy (non-hydrogen) atoms. The number of rotatable bonds is 15. The largest absolute Gasteiger partial charge is 0.462 e. The van der Waals surface area contributed by atoms with Crippen LogP contribution in [0.4, 0.5) is 0 Å². The highest BCUT2D eigenvalue weighted by Crippen LogP contribution is 2.38. The summed E-state index contributed by atoms with van der Waals surface area (Å²) in [5.41, 5.74) is 3.57. The average Bonchev–Trinajstić information content (AvgIpc) is 3.36. The second kappa shape index (κ2) is 17.4. The maximum Gasteiger partial charge on any atom is 0.338 e. The van der Waals surface area contributed by atoms with Crippen LogP contribution < -0.4 is 10.4 Å². The van der Waals surface area contributed by atoms with Crippen LogP contribution in [0.2, 0.25) is 30.7 Å². The molecule has 0 aliphatic carbocycles. The second-order valence-electron chi connectivity index (χ2n) is 17.4. The van der Waals surface area contributed by atoms with Crippen molar-refractivity contribution in [3.8, 4) is 0 Å². The minimum atomic E-state index is -2.63. The Labute approximate surface area is 317 Å². The summed E-state index contributed by atoms with van der Waals surface area (Å²) in [7, 11) is -3.94. The molecule has 0 N–H and O–H groups in total. The Morgan fingerprint density at radius 2 is 1.50 bits per heavy atom. The Hall–Kier alpha value is -3.08. The number of benzene rings is 3. The number of aryl methyl sites for hydroxylation is 2. The van der Waals surface area contributed by atoms with Gasteiger partial charge in [0.25, 0.3) is 8.32 Å². The first-order chi connectivity index (χ1) is 24.3. The summed E-state index contributed by atoms with van der Waals surface area (Å²) in [5.74, 6) is -0.809. The molecule has 0 radical (unpaired) electrons. The van der Waals surface area contributed by atoms with E-state index in [1.165, 1.54) is 10.4 Å². The molecule has 2 unspecified atom stereocenters. The van der Waals surface area contributed by atoms with Crippen molar-refractivity contribution in [1.29, 1.82) is 0 Å². The molecule has 3 aromatic rings. The van der Waals surface area contributed by atoms with Crippen LogP contribution in [0, 0.1) is 19.8 Å². The lowest BCUT2D eigenvalue weighted by atomic mass is 9.95. The van der Waals surface area contributed by atoms with Gasteiger partial charge >= 0.3 is 5.97 Å². The molecule has 0 amide bonds. The molecule has 0 saturated carbocycles. The highest BCUT2D eigenvalue weighted by molar-refractivity contribution is 6.99. The molecule has 3 aromatic carbocycles. The molecule has 0 aromatic heterocycles. The Bertz CT molecular complexity index is 1630. The molecule has 5 nitrogen and oxygen atoms in total. The van der Waals surface area contributed by atoms with Crippen LogP contribution in [-0.4, -0.2) is 53.1 Å². The van der Waals surface area contributed by atoms with Gasteiger partial charge in [0.1, 0.15) is 0 Å². The number of ether oxygens (including phenoxy) is 3. The second-order valence-corrected chi connectivity index (χ2v) is 27.3. The summed E-state index contributed by atoms with van der Waals surface area (Å²) in [6.07, 6.45) is 9.90. The Morgan fingerprint density at radius 1 is 0.904 bits per heavy atom. The predicted octanol–water partition coefficient (Wildman–Crippen LogP) is 10.3. The number of carbonyl (C=O) groups is 1. The molecular weight excluding hydrogens is 677 g/mol. The van der Waals surface area contributed by atoms with E-state index >= 15 is 0 Å². The smallest absolute Gasteiger partial charge is 0.338 e. The lowest BCUT2D eigenvalue weighted by molar-refractivity contribution is -0.148. The van der Waals surface area contributed by atoms with E-state index < -0.39 is 22.2 Å². The molecular formula is C45H64O5Si2. The number of hydrogen-bond acceptors (Lipinski definition) is 5. The van der Waals surface area contributed by atoms with Gasteiger partial charge in [-0.1, -0.05) is 150 Å². The van der Waals surface area contributed by atoms with E-state index in [2.05, 4.69) is 146 Å². The van der Waals surface area contributed by atoms with E-state index in [1.54, 1.807) is 0 Å². The summed E-state index contributed by atoms with van der Waals surface area (Å²) in [5, 5.41) is 2.51. The van der Waals surface area contributed by atoms with Crippen molar-refractivity contribution in [1.82, 2.24) is 0 Å². The van der Waals surface area contributed by atoms with Crippen molar-refractivity contribution >= 4 is 38.8 Å². The maximum absolute atomic E-state index is 13.2. The maximum atomic E-state index is 13.2. The molecule has 4 rings (SSSR count). The van der Waals surface area contributed by atoms with Crippen LogP contribution in [0.15, 0.2) is 91.0 Å². The first-order valence-corrected chi connectivity index (χ1v) is 24.7. The SMILES string of the molecule is Cc1cc(C)c(C(=O)OCC[Si](C)(C)C)c(/C=C/C[C@@H]2OC(C)(C)O[C@@H]2C(C)/C=C\CC(C)O[Si](c2ccccc2)(c2ccccc2)C(C)(C)C)c1. The van der Waals surface area contributed by atoms with Crippen molar-refractivity contribution < 1.29 is 23.4 Å². The van der Waals surface area contributed by atoms with E-state index in [0.717, 1.165) is 29.2 Å². The third-order valence-electron chi connectivity index (χ3n) is 9.91. The molecule has 0 bridgehead atoms. The number of carbonyl (C=O) groups excluding carboxylic acids is 1. The minimum absolute atomic E-state index is 0.0138. The zero-order valence-corrected chi connectivity index (χ0v) is 35.9. The van der Waals surface area contributed by atoms with Gasteiger partial charge < -0.3 is 18.6 Å². The van der Waals surface area contributed by atoms with Crippen LogP contribution in [0.25, 0.3) is 6.08 Å². The molecule has 282 valence electrons. The predicted molar refractivity (Wildman–Crippen MR) is 223 cm³/mol. The van der Waals surface area contributed by atoms with Crippen LogP contribution in [0.1, 0.15) is 88.4 Å². The summed E-state index contributed by atoms with van der Waals surface area (Å²) in [6, 6.07) is 26.7. The fourth-order valence-corrected chi connectivity index (χ4v) is 12.8. The lowest BCUT2D eigenvalue weighted by Gasteiger charge is -2.44. The molecule has 1 aliphatic heterocycles. The lowest BCUT2D eigenvalue weighted by Crippen LogP contribution is -2.67. The molecule has 7 heteroatoms. The van der Waals surface area contributed by atoms with Crippen molar-refractivity contribution in [2.45, 2.75) is 130 Å². The Kier molecular flexibility index (Phi) is 13.9. The Morgan fingerprint density at radius 3 is 2.06 bits per heavy atom. The van der Waals surface area contributed by atoms with Gasteiger partial charge in [0.15, 0.2) is 5.79 Å². The van der Waals surface area contributed by atoms with Gasteiger partial charge in [-0.05, 0) is 80.0 Å². The van der Waals surface area contributed by atoms with Crippen LogP contribution >= 0.6 is 0 Å². The van der Waals surface area contributed by atoms with E-state index in [0.29, 0.717) is 18.6 Å². The highest BCUT2D eigenvalue weighted by atomic mass is 28.4. The summed E-state index contributed by atoms with van der Waals surface area (Å²) in [4.78, 5) is 13.2. The van der Waals surface area contributed by atoms with E-state index in [-0.39, 0.29) is 35.2 Å². The third-order valence-corrected chi connectivity index (χ3v) is 16.8. The Balaban J connectivity index is 1.47. The zero-order valence-electron chi connectivity index (χ0n) is 33.9. The number of hydrogen-bond donors (Lipinski definition) is 0. The van der Waals surface area contributed by atoms with Crippen molar-refractivity contribution in [3.63, 3.8) is 0 Å². The van der Waals surface area contributed by atoms with Gasteiger partial charge in [-0.15, -0.1) is 0 Å². The van der Waals surface area contributed by atoms with Gasteiger partial charge in [-0.25, -0.2) is 4.79 Å². The van der Waals surface area contributed by atoms with Gasteiger partial charge in [0, 0.05) is 20.1 Å². The van der Waals surface area contributed by atoms with Gasteiger partial charge in [0.2, 0.25) is 0 Å². The van der Waals surface area contributed by atoms with Crippen LogP contribution in [-0.2, 0) is 18.6 Å². The summed E-state index contributed by atoms with van der Waals surface area (Å²) < 4.78 is 26.0. The van der Waals surface area contributed by atoms with Crippen LogP contribution in [0.5, 0.6) is 0 Å². The topological polar surface area (TPSA) is 54.0 Å². The fraction of sp³-hybridized carbons (Fsp3) is 0.489. The number of esters is 1. The van der Waals surface area contributed by atoms with Crippen molar-refractivity contribution in [2.75, 3.05) is 6.61 Å². The van der Waals surface area contributed by atoms with Crippen molar-refractivity contribution in [3.05, 3.63) is 113 Å². The molecule has 0 spiro atoms. The first-order valence-electron chi connectivity index (χ1n) is 19.1. The van der Waals surface area contributed by atoms with Gasteiger partial charge in [0.05, 0.1) is 24.4 Å². The molecule has 1 fully saturated rings. The van der Waals surface area contributed by atoms with Crippen molar-refractivity contribution in [2.24, 2.45) is 5.92 Å². The van der Waals surface area contributed by atoms with E-state index in [9.17, 15) is 4.79 Å². The third kappa shape index (κ3) is 10.8. The molecule has 1 saturated heterocycles. The standard InChI is InChI=1S/C45H64O5Si2/c1-33-31-35(3)41(43(46)47-29-30-51(10,11)12)37(32-33)23-20-28-40-42(49-45(8,9)48-40)34(2)21-19-22-36(4)50-52(44(5,6)7,38-24-15-13-16-25-38)39-26-17-14-18-27-39/h13-21,23-27,31-32,34,36,40,42H,22,28-30H2,1-12H3/b21-19-,23-20+/t34?,36?,40-,42+/m0/s1. The molecule has 1 aliphatic rings. The first kappa shape index (κ1) is 41.7.